The van der Waals surface area contributed by atoms with E-state index in [4.69, 9.17) is 4.74 Å². The van der Waals surface area contributed by atoms with E-state index in [1.807, 2.05) is 20.8 Å². The van der Waals surface area contributed by atoms with E-state index < -0.39 is 5.60 Å². The SMILES string of the molecule is CC(C)(C)OC(=O)NC1CCC(CCBr)C1. The molecule has 16 heavy (non-hydrogen) atoms. The number of alkyl carbamates (subject to hydrolysis) is 1. The molecule has 1 saturated carbocycles. The summed E-state index contributed by atoms with van der Waals surface area (Å²) < 4.78 is 5.24. The highest BCUT2D eigenvalue weighted by Gasteiger charge is 2.26. The van der Waals surface area contributed by atoms with Crippen LogP contribution in [0.2, 0.25) is 0 Å². The summed E-state index contributed by atoms with van der Waals surface area (Å²) in [6, 6.07) is 0.305. The molecule has 1 fully saturated rings. The van der Waals surface area contributed by atoms with Gasteiger partial charge in [-0.15, -0.1) is 0 Å². The number of hydrogen-bond donors (Lipinski definition) is 1. The van der Waals surface area contributed by atoms with Crippen molar-refractivity contribution in [2.75, 3.05) is 5.33 Å². The minimum atomic E-state index is -0.405. The van der Waals surface area contributed by atoms with Crippen molar-refractivity contribution in [2.45, 2.75) is 58.1 Å². The third-order valence-corrected chi connectivity index (χ3v) is 3.24. The van der Waals surface area contributed by atoms with Crippen LogP contribution < -0.4 is 5.32 Å². The molecule has 1 aliphatic carbocycles. The number of alkyl halides is 1. The van der Waals surface area contributed by atoms with Crippen molar-refractivity contribution in [3.8, 4) is 0 Å². The van der Waals surface area contributed by atoms with E-state index in [0.717, 1.165) is 24.1 Å². The topological polar surface area (TPSA) is 38.3 Å². The number of hydrogen-bond acceptors (Lipinski definition) is 2. The fourth-order valence-corrected chi connectivity index (χ4v) is 2.74. The first kappa shape index (κ1) is 13.8. The van der Waals surface area contributed by atoms with Gasteiger partial charge in [0.15, 0.2) is 0 Å². The van der Waals surface area contributed by atoms with Crippen molar-refractivity contribution in [3.05, 3.63) is 0 Å². The Hall–Kier alpha value is -0.250. The number of carbonyl (C=O) groups is 1. The van der Waals surface area contributed by atoms with Gasteiger partial charge in [-0.25, -0.2) is 4.79 Å². The Morgan fingerprint density at radius 3 is 2.69 bits per heavy atom. The molecule has 4 heteroatoms. The smallest absolute Gasteiger partial charge is 0.407 e. The van der Waals surface area contributed by atoms with Crippen molar-refractivity contribution in [1.29, 1.82) is 0 Å². The molecule has 0 aromatic rings. The predicted molar refractivity (Wildman–Crippen MR) is 68.9 cm³/mol. The molecule has 1 amide bonds. The summed E-state index contributed by atoms with van der Waals surface area (Å²) in [5, 5.41) is 4.00. The van der Waals surface area contributed by atoms with Gasteiger partial charge >= 0.3 is 6.09 Å². The standard InChI is InChI=1S/C12H22BrNO2/c1-12(2,3)16-11(15)14-10-5-4-9(8-10)6-7-13/h9-10H,4-8H2,1-3H3,(H,14,15). The Bertz CT molecular complexity index is 238. The average Bonchev–Trinajstić information content (AvgIpc) is 2.49. The number of rotatable bonds is 3. The van der Waals surface area contributed by atoms with Crippen molar-refractivity contribution in [1.82, 2.24) is 5.32 Å². The van der Waals surface area contributed by atoms with E-state index in [1.165, 1.54) is 12.8 Å². The molecule has 1 rings (SSSR count). The van der Waals surface area contributed by atoms with Gasteiger partial charge in [0, 0.05) is 11.4 Å². The van der Waals surface area contributed by atoms with Crippen LogP contribution in [0.5, 0.6) is 0 Å². The van der Waals surface area contributed by atoms with Crippen molar-refractivity contribution in [2.24, 2.45) is 5.92 Å². The minimum absolute atomic E-state index is 0.281. The normalized spacial score (nSPS) is 25.5. The molecule has 3 nitrogen and oxygen atoms in total. The Labute approximate surface area is 106 Å². The van der Waals surface area contributed by atoms with Gasteiger partial charge in [-0.3, -0.25) is 0 Å². The van der Waals surface area contributed by atoms with Crippen LogP contribution in [0, 0.1) is 5.92 Å². The number of ether oxygens (including phenoxy) is 1. The third-order valence-electron chi connectivity index (χ3n) is 2.78. The van der Waals surface area contributed by atoms with Crippen LogP contribution in [0.1, 0.15) is 46.5 Å². The maximum atomic E-state index is 11.5. The molecule has 0 bridgehead atoms. The second-order valence-electron chi connectivity index (χ2n) is 5.50. The Morgan fingerprint density at radius 2 is 2.12 bits per heavy atom. The Balaban J connectivity index is 2.26. The minimum Gasteiger partial charge on any atom is -0.444 e. The fourth-order valence-electron chi connectivity index (χ4n) is 2.10. The zero-order valence-electron chi connectivity index (χ0n) is 10.4. The lowest BCUT2D eigenvalue weighted by Gasteiger charge is -2.21. The first-order chi connectivity index (χ1) is 7.40. The first-order valence-corrected chi connectivity index (χ1v) is 7.08. The van der Waals surface area contributed by atoms with E-state index in [2.05, 4.69) is 21.2 Å². The first-order valence-electron chi connectivity index (χ1n) is 5.96. The van der Waals surface area contributed by atoms with Gasteiger partial charge in [0.05, 0.1) is 0 Å². The highest BCUT2D eigenvalue weighted by Crippen LogP contribution is 2.28. The zero-order chi connectivity index (χ0) is 12.2. The largest absolute Gasteiger partial charge is 0.444 e. The summed E-state index contributed by atoms with van der Waals surface area (Å²) in [6.45, 7) is 5.65. The van der Waals surface area contributed by atoms with Gasteiger partial charge in [0.2, 0.25) is 0 Å². The molecular formula is C12H22BrNO2. The van der Waals surface area contributed by atoms with Gasteiger partial charge in [0.25, 0.3) is 0 Å². The summed E-state index contributed by atoms with van der Waals surface area (Å²) in [5.74, 6) is 0.749. The molecule has 2 unspecified atom stereocenters. The van der Waals surface area contributed by atoms with Gasteiger partial charge in [-0.05, 0) is 52.4 Å². The molecule has 0 aromatic heterocycles. The van der Waals surface area contributed by atoms with Crippen LogP contribution in [0.25, 0.3) is 0 Å². The molecule has 1 aliphatic rings. The maximum absolute atomic E-state index is 11.5. The van der Waals surface area contributed by atoms with Crippen LogP contribution >= 0.6 is 15.9 Å². The molecule has 0 aliphatic heterocycles. The maximum Gasteiger partial charge on any atom is 0.407 e. The van der Waals surface area contributed by atoms with Crippen molar-refractivity contribution in [3.63, 3.8) is 0 Å². The van der Waals surface area contributed by atoms with Crippen molar-refractivity contribution >= 4 is 22.0 Å². The monoisotopic (exact) mass is 291 g/mol. The summed E-state index contributed by atoms with van der Waals surface area (Å²) in [6.07, 6.45) is 4.30. The van der Waals surface area contributed by atoms with Crippen LogP contribution in [0.3, 0.4) is 0 Å². The molecule has 0 aromatic carbocycles. The van der Waals surface area contributed by atoms with Crippen LogP contribution in [-0.4, -0.2) is 23.1 Å². The van der Waals surface area contributed by atoms with Crippen LogP contribution in [0.4, 0.5) is 4.79 Å². The molecule has 0 spiro atoms. The zero-order valence-corrected chi connectivity index (χ0v) is 12.0. The lowest BCUT2D eigenvalue weighted by Crippen LogP contribution is -2.37. The molecule has 0 radical (unpaired) electrons. The van der Waals surface area contributed by atoms with E-state index in [1.54, 1.807) is 0 Å². The second kappa shape index (κ2) is 5.89. The average molecular weight is 292 g/mol. The molecule has 0 heterocycles. The fraction of sp³-hybridized carbons (Fsp3) is 0.917. The van der Waals surface area contributed by atoms with Gasteiger partial charge < -0.3 is 10.1 Å². The van der Waals surface area contributed by atoms with E-state index in [-0.39, 0.29) is 6.09 Å². The highest BCUT2D eigenvalue weighted by molar-refractivity contribution is 9.09. The van der Waals surface area contributed by atoms with Gasteiger partial charge in [-0.1, -0.05) is 15.9 Å². The second-order valence-corrected chi connectivity index (χ2v) is 6.29. The quantitative estimate of drug-likeness (QED) is 0.809. The number of nitrogens with one attached hydrogen (secondary N) is 1. The van der Waals surface area contributed by atoms with E-state index >= 15 is 0 Å². The highest BCUT2D eigenvalue weighted by atomic mass is 79.9. The lowest BCUT2D eigenvalue weighted by molar-refractivity contribution is 0.0504. The van der Waals surface area contributed by atoms with Gasteiger partial charge in [0.1, 0.15) is 5.60 Å². The summed E-state index contributed by atoms with van der Waals surface area (Å²) >= 11 is 3.46. The summed E-state index contributed by atoms with van der Waals surface area (Å²) in [4.78, 5) is 11.5. The molecule has 0 saturated heterocycles. The Kier molecular flexibility index (Phi) is 5.09. The number of carbonyl (C=O) groups excluding carboxylic acids is 1. The predicted octanol–water partition coefficient (Wildman–Crippen LogP) is 3.46. The Morgan fingerprint density at radius 1 is 1.44 bits per heavy atom. The lowest BCUT2D eigenvalue weighted by atomic mass is 10.1. The summed E-state index contributed by atoms with van der Waals surface area (Å²) in [5.41, 5.74) is -0.405. The van der Waals surface area contributed by atoms with E-state index in [0.29, 0.717) is 6.04 Å². The van der Waals surface area contributed by atoms with Gasteiger partial charge in [-0.2, -0.15) is 0 Å². The molecule has 94 valence electrons. The van der Waals surface area contributed by atoms with Crippen molar-refractivity contribution < 1.29 is 9.53 Å². The molecule has 1 N–H and O–H groups in total. The van der Waals surface area contributed by atoms with E-state index in [9.17, 15) is 4.79 Å². The van der Waals surface area contributed by atoms with Crippen LogP contribution in [0.15, 0.2) is 0 Å². The number of halogens is 1. The third kappa shape index (κ3) is 5.19. The number of amides is 1. The molecule has 2 atom stereocenters. The molecular weight excluding hydrogens is 270 g/mol. The summed E-state index contributed by atoms with van der Waals surface area (Å²) in [7, 11) is 0. The van der Waals surface area contributed by atoms with Crippen LogP contribution in [-0.2, 0) is 4.74 Å².